The third-order valence-electron chi connectivity index (χ3n) is 5.23. The molecule has 1 amide bonds. The highest BCUT2D eigenvalue weighted by molar-refractivity contribution is 5.95. The summed E-state index contributed by atoms with van der Waals surface area (Å²) >= 11 is 0. The Morgan fingerprint density at radius 2 is 2.18 bits per heavy atom. The second-order valence-electron chi connectivity index (χ2n) is 6.49. The molecule has 4 rings (SSSR count). The molecular formula is C17H25N3O2. The van der Waals surface area contributed by atoms with E-state index in [2.05, 4.69) is 11.9 Å². The van der Waals surface area contributed by atoms with Gasteiger partial charge in [0.1, 0.15) is 0 Å². The van der Waals surface area contributed by atoms with Crippen molar-refractivity contribution in [2.24, 2.45) is 17.6 Å². The molecule has 5 heteroatoms. The van der Waals surface area contributed by atoms with Gasteiger partial charge in [-0.1, -0.05) is 6.92 Å². The number of aromatic nitrogens is 1. The van der Waals surface area contributed by atoms with Crippen LogP contribution in [-0.2, 0) is 0 Å². The maximum absolute atomic E-state index is 13.1. The third-order valence-corrected chi connectivity index (χ3v) is 5.23. The summed E-state index contributed by atoms with van der Waals surface area (Å²) in [5.41, 5.74) is 7.22. The standard InChI is InChI=1S/C17H25N3O2/c1-4-22-15-6-5-10(2)19-16(15)17(21)20-13-7-12(8-13)11(3)14(20)9-18/h5-6,11-14H,4,7-9,18H2,1-3H3. The minimum atomic E-state index is -0.0300. The first-order valence-electron chi connectivity index (χ1n) is 8.20. The highest BCUT2D eigenvalue weighted by atomic mass is 16.5. The molecular weight excluding hydrogens is 278 g/mol. The molecule has 2 atom stereocenters. The largest absolute Gasteiger partial charge is 0.491 e. The summed E-state index contributed by atoms with van der Waals surface area (Å²) in [6, 6.07) is 4.15. The fourth-order valence-corrected chi connectivity index (χ4v) is 3.86. The Kier molecular flexibility index (Phi) is 4.08. The molecule has 1 aromatic rings. The van der Waals surface area contributed by atoms with E-state index in [9.17, 15) is 4.79 Å². The summed E-state index contributed by atoms with van der Waals surface area (Å²) in [4.78, 5) is 19.6. The maximum atomic E-state index is 13.1. The Morgan fingerprint density at radius 3 is 2.82 bits per heavy atom. The Hall–Kier alpha value is -1.62. The van der Waals surface area contributed by atoms with E-state index in [0.717, 1.165) is 24.5 Å². The summed E-state index contributed by atoms with van der Waals surface area (Å²) in [6.07, 6.45) is 2.19. The van der Waals surface area contributed by atoms with Gasteiger partial charge in [0.2, 0.25) is 0 Å². The quantitative estimate of drug-likeness (QED) is 0.923. The highest BCUT2D eigenvalue weighted by Crippen LogP contribution is 2.46. The summed E-state index contributed by atoms with van der Waals surface area (Å²) in [7, 11) is 0. The number of nitrogens with zero attached hydrogens (tertiary/aromatic N) is 2. The van der Waals surface area contributed by atoms with E-state index >= 15 is 0 Å². The molecule has 0 spiro atoms. The van der Waals surface area contributed by atoms with Crippen LogP contribution in [0.4, 0.5) is 0 Å². The van der Waals surface area contributed by atoms with Crippen molar-refractivity contribution >= 4 is 5.91 Å². The van der Waals surface area contributed by atoms with Gasteiger partial charge in [0.05, 0.1) is 6.61 Å². The van der Waals surface area contributed by atoms with Crippen molar-refractivity contribution < 1.29 is 9.53 Å². The molecule has 2 N–H and O–H groups in total. The fourth-order valence-electron chi connectivity index (χ4n) is 3.86. The van der Waals surface area contributed by atoms with Crippen LogP contribution in [0.5, 0.6) is 5.75 Å². The number of amides is 1. The van der Waals surface area contributed by atoms with Gasteiger partial charge in [0.25, 0.3) is 5.91 Å². The highest BCUT2D eigenvalue weighted by Gasteiger charge is 2.50. The molecule has 3 fully saturated rings. The van der Waals surface area contributed by atoms with E-state index in [1.165, 1.54) is 0 Å². The first-order chi connectivity index (χ1) is 10.6. The van der Waals surface area contributed by atoms with Gasteiger partial charge < -0.3 is 15.4 Å². The predicted molar refractivity (Wildman–Crippen MR) is 84.8 cm³/mol. The number of pyridine rings is 1. The lowest BCUT2D eigenvalue weighted by Gasteiger charge is -2.57. The lowest BCUT2D eigenvalue weighted by atomic mass is 9.64. The zero-order valence-electron chi connectivity index (χ0n) is 13.6. The number of fused-ring (bicyclic) bond motifs is 2. The molecule has 22 heavy (non-hydrogen) atoms. The summed E-state index contributed by atoms with van der Waals surface area (Å²) < 4.78 is 5.61. The van der Waals surface area contributed by atoms with E-state index < -0.39 is 0 Å². The number of hydrogen-bond donors (Lipinski definition) is 1. The summed E-state index contributed by atoms with van der Waals surface area (Å²) in [6.45, 7) is 7.05. The Labute approximate surface area is 131 Å². The molecule has 5 nitrogen and oxygen atoms in total. The van der Waals surface area contributed by atoms with Crippen LogP contribution in [0.1, 0.15) is 42.9 Å². The Balaban J connectivity index is 1.94. The van der Waals surface area contributed by atoms with Crippen LogP contribution in [0.25, 0.3) is 0 Å². The van der Waals surface area contributed by atoms with E-state index in [0.29, 0.717) is 36.6 Å². The third kappa shape index (κ3) is 2.37. The van der Waals surface area contributed by atoms with Crippen LogP contribution in [-0.4, -0.2) is 41.0 Å². The topological polar surface area (TPSA) is 68.5 Å². The van der Waals surface area contributed by atoms with Crippen LogP contribution < -0.4 is 10.5 Å². The number of hydrogen-bond acceptors (Lipinski definition) is 4. The minimum absolute atomic E-state index is 0.0300. The van der Waals surface area contributed by atoms with Crippen LogP contribution in [0, 0.1) is 18.8 Å². The molecule has 1 aliphatic carbocycles. The molecule has 1 aromatic heterocycles. The van der Waals surface area contributed by atoms with Crippen molar-refractivity contribution in [2.75, 3.05) is 13.2 Å². The number of rotatable bonds is 4. The fraction of sp³-hybridized carbons (Fsp3) is 0.647. The molecule has 2 saturated heterocycles. The van der Waals surface area contributed by atoms with E-state index in [1.54, 1.807) is 0 Å². The van der Waals surface area contributed by atoms with Gasteiger partial charge in [0, 0.05) is 24.3 Å². The van der Waals surface area contributed by atoms with Crippen molar-refractivity contribution in [1.29, 1.82) is 0 Å². The van der Waals surface area contributed by atoms with Gasteiger partial charge in [-0.05, 0) is 50.7 Å². The number of ether oxygens (including phenoxy) is 1. The number of aryl methyl sites for hydroxylation is 1. The van der Waals surface area contributed by atoms with Gasteiger partial charge in [0.15, 0.2) is 11.4 Å². The SMILES string of the molecule is CCOc1ccc(C)nc1C(=O)N1C2CC(C2)C(C)C1CN. The number of carbonyl (C=O) groups excluding carboxylic acids is 1. The lowest BCUT2D eigenvalue weighted by molar-refractivity contribution is -0.0519. The Bertz CT molecular complexity index is 569. The van der Waals surface area contributed by atoms with Crippen LogP contribution >= 0.6 is 0 Å². The smallest absolute Gasteiger partial charge is 0.276 e. The van der Waals surface area contributed by atoms with Gasteiger partial charge in [-0.25, -0.2) is 4.98 Å². The molecule has 3 heterocycles. The van der Waals surface area contributed by atoms with E-state index in [-0.39, 0.29) is 11.9 Å². The van der Waals surface area contributed by atoms with E-state index in [4.69, 9.17) is 10.5 Å². The van der Waals surface area contributed by atoms with Crippen molar-refractivity contribution in [3.63, 3.8) is 0 Å². The van der Waals surface area contributed by atoms with Crippen LogP contribution in [0.3, 0.4) is 0 Å². The van der Waals surface area contributed by atoms with Gasteiger partial charge in [-0.2, -0.15) is 0 Å². The van der Waals surface area contributed by atoms with Crippen molar-refractivity contribution in [3.05, 3.63) is 23.5 Å². The second kappa shape index (κ2) is 5.88. The number of carbonyl (C=O) groups is 1. The van der Waals surface area contributed by atoms with Crippen LogP contribution in [0.15, 0.2) is 12.1 Å². The summed E-state index contributed by atoms with van der Waals surface area (Å²) in [5, 5.41) is 0. The Morgan fingerprint density at radius 1 is 1.45 bits per heavy atom. The number of nitrogens with two attached hydrogens (primary N) is 1. The van der Waals surface area contributed by atoms with Gasteiger partial charge in [-0.3, -0.25) is 4.79 Å². The molecule has 0 radical (unpaired) electrons. The van der Waals surface area contributed by atoms with Crippen molar-refractivity contribution in [3.8, 4) is 5.75 Å². The van der Waals surface area contributed by atoms with E-state index in [1.807, 2.05) is 30.9 Å². The lowest BCUT2D eigenvalue weighted by Crippen LogP contribution is -2.64. The average molecular weight is 303 g/mol. The molecule has 2 bridgehead atoms. The normalized spacial score (nSPS) is 29.9. The predicted octanol–water partition coefficient (Wildman–Crippen LogP) is 1.99. The van der Waals surface area contributed by atoms with Crippen LogP contribution in [0.2, 0.25) is 0 Å². The van der Waals surface area contributed by atoms with Gasteiger partial charge in [-0.15, -0.1) is 0 Å². The minimum Gasteiger partial charge on any atom is -0.491 e. The number of piperidine rings is 2. The molecule has 2 unspecified atom stereocenters. The van der Waals surface area contributed by atoms with Gasteiger partial charge >= 0.3 is 0 Å². The molecule has 2 aliphatic heterocycles. The first-order valence-corrected chi connectivity index (χ1v) is 8.20. The molecule has 1 saturated carbocycles. The average Bonchev–Trinajstić information content (AvgIpc) is 2.46. The monoisotopic (exact) mass is 303 g/mol. The van der Waals surface area contributed by atoms with Crippen molar-refractivity contribution in [2.45, 2.75) is 45.7 Å². The zero-order chi connectivity index (χ0) is 15.9. The first kappa shape index (κ1) is 15.3. The summed E-state index contributed by atoms with van der Waals surface area (Å²) in [5.74, 6) is 1.72. The second-order valence-corrected chi connectivity index (χ2v) is 6.49. The molecule has 120 valence electrons. The molecule has 3 aliphatic rings. The maximum Gasteiger partial charge on any atom is 0.276 e. The zero-order valence-corrected chi connectivity index (χ0v) is 13.6. The molecule has 0 aromatic carbocycles. The van der Waals surface area contributed by atoms with Crippen molar-refractivity contribution in [1.82, 2.24) is 9.88 Å².